The number of aliphatic hydroxyl groups is 2. The molecular formula is C17H17N5O5. The number of imidazole rings is 1. The van der Waals surface area contributed by atoms with Crippen molar-refractivity contribution in [2.24, 2.45) is 0 Å². The molecule has 3 unspecified atom stereocenters. The second-order valence-electron chi connectivity index (χ2n) is 6.17. The summed E-state index contributed by atoms with van der Waals surface area (Å²) >= 11 is 0. The normalized spacial score (nSPS) is 22.2. The van der Waals surface area contributed by atoms with Crippen molar-refractivity contribution in [2.75, 3.05) is 11.9 Å². The third-order valence-electron chi connectivity index (χ3n) is 4.39. The number of ether oxygens (including phenoxy) is 1. The van der Waals surface area contributed by atoms with Crippen LogP contribution >= 0.6 is 0 Å². The summed E-state index contributed by atoms with van der Waals surface area (Å²) in [5, 5.41) is 21.7. The zero-order valence-electron chi connectivity index (χ0n) is 14.1. The smallest absolute Gasteiger partial charge is 0.280 e. The van der Waals surface area contributed by atoms with Crippen LogP contribution in [-0.4, -0.2) is 54.5 Å². The average Bonchev–Trinajstić information content (AvgIpc) is 3.25. The number of carbonyl (C=O) groups is 1. The van der Waals surface area contributed by atoms with Gasteiger partial charge in [-0.15, -0.1) is 0 Å². The second-order valence-corrected chi connectivity index (χ2v) is 6.17. The molecule has 10 nitrogen and oxygen atoms in total. The van der Waals surface area contributed by atoms with E-state index in [0.29, 0.717) is 5.56 Å². The fourth-order valence-corrected chi connectivity index (χ4v) is 3.02. The number of nitrogens with one attached hydrogen (secondary N) is 2. The number of nitrogens with zero attached hydrogens (tertiary/aromatic N) is 3. The van der Waals surface area contributed by atoms with E-state index in [4.69, 9.17) is 4.74 Å². The summed E-state index contributed by atoms with van der Waals surface area (Å²) < 4.78 is 7.09. The minimum atomic E-state index is -0.836. The van der Waals surface area contributed by atoms with Crippen LogP contribution in [0.15, 0.2) is 41.5 Å². The van der Waals surface area contributed by atoms with E-state index in [1.807, 2.05) is 0 Å². The molecule has 1 aliphatic rings. The summed E-state index contributed by atoms with van der Waals surface area (Å²) in [5.41, 5.74) is 0.192. The van der Waals surface area contributed by atoms with Crippen molar-refractivity contribution in [3.63, 3.8) is 0 Å². The number of aliphatic hydroxyl groups excluding tert-OH is 2. The molecule has 1 saturated heterocycles. The highest BCUT2D eigenvalue weighted by Crippen LogP contribution is 2.30. The molecule has 2 aromatic heterocycles. The van der Waals surface area contributed by atoms with E-state index in [-0.39, 0.29) is 30.1 Å². The molecule has 3 heterocycles. The summed E-state index contributed by atoms with van der Waals surface area (Å²) in [7, 11) is 0. The quantitative estimate of drug-likeness (QED) is 0.506. The number of rotatable bonds is 4. The van der Waals surface area contributed by atoms with E-state index < -0.39 is 29.9 Å². The van der Waals surface area contributed by atoms with Crippen LogP contribution in [-0.2, 0) is 4.74 Å². The third kappa shape index (κ3) is 3.21. The van der Waals surface area contributed by atoms with Crippen molar-refractivity contribution < 1.29 is 19.7 Å². The van der Waals surface area contributed by atoms with Crippen LogP contribution in [0.4, 0.5) is 5.95 Å². The maximum absolute atomic E-state index is 12.3. The zero-order chi connectivity index (χ0) is 19.0. The van der Waals surface area contributed by atoms with Gasteiger partial charge in [-0.3, -0.25) is 24.5 Å². The molecule has 3 atom stereocenters. The molecule has 1 fully saturated rings. The van der Waals surface area contributed by atoms with Crippen LogP contribution in [0.2, 0.25) is 0 Å². The first kappa shape index (κ1) is 17.3. The van der Waals surface area contributed by atoms with Crippen LogP contribution in [0.1, 0.15) is 23.0 Å². The van der Waals surface area contributed by atoms with Gasteiger partial charge in [0, 0.05) is 12.0 Å². The zero-order valence-corrected chi connectivity index (χ0v) is 14.1. The summed E-state index contributed by atoms with van der Waals surface area (Å²) in [6.07, 6.45) is -0.582. The highest BCUT2D eigenvalue weighted by molar-refractivity contribution is 6.03. The molecule has 1 amide bonds. The first-order valence-corrected chi connectivity index (χ1v) is 8.34. The molecule has 3 aromatic rings. The molecule has 140 valence electrons. The number of benzene rings is 1. The van der Waals surface area contributed by atoms with Gasteiger partial charge in [0.25, 0.3) is 11.5 Å². The minimum Gasteiger partial charge on any atom is -0.394 e. The number of amides is 1. The van der Waals surface area contributed by atoms with Gasteiger partial charge < -0.3 is 14.9 Å². The van der Waals surface area contributed by atoms with Gasteiger partial charge in [-0.25, -0.2) is 4.98 Å². The number of H-pyrrole nitrogens is 1. The van der Waals surface area contributed by atoms with Gasteiger partial charge in [-0.2, -0.15) is 4.98 Å². The lowest BCUT2D eigenvalue weighted by molar-refractivity contribution is -0.0432. The highest BCUT2D eigenvalue weighted by Gasteiger charge is 2.35. The number of anilines is 1. The Balaban J connectivity index is 1.66. The molecule has 1 aromatic carbocycles. The Bertz CT molecular complexity index is 1030. The van der Waals surface area contributed by atoms with Crippen molar-refractivity contribution in [3.05, 3.63) is 52.6 Å². The van der Waals surface area contributed by atoms with E-state index in [1.54, 1.807) is 30.3 Å². The van der Waals surface area contributed by atoms with Crippen LogP contribution < -0.4 is 10.9 Å². The molecule has 4 N–H and O–H groups in total. The Morgan fingerprint density at radius 3 is 2.85 bits per heavy atom. The lowest BCUT2D eigenvalue weighted by Crippen LogP contribution is -2.24. The van der Waals surface area contributed by atoms with Gasteiger partial charge in [-0.05, 0) is 12.1 Å². The van der Waals surface area contributed by atoms with Crippen LogP contribution in [0.5, 0.6) is 0 Å². The van der Waals surface area contributed by atoms with E-state index in [2.05, 4.69) is 20.3 Å². The van der Waals surface area contributed by atoms with Crippen molar-refractivity contribution in [2.45, 2.75) is 24.9 Å². The van der Waals surface area contributed by atoms with Gasteiger partial charge in [-0.1, -0.05) is 18.2 Å². The molecule has 0 saturated carbocycles. The molecule has 0 bridgehead atoms. The van der Waals surface area contributed by atoms with Crippen molar-refractivity contribution >= 4 is 23.0 Å². The Morgan fingerprint density at radius 1 is 1.37 bits per heavy atom. The van der Waals surface area contributed by atoms with Gasteiger partial charge in [0.2, 0.25) is 5.95 Å². The highest BCUT2D eigenvalue weighted by atomic mass is 16.5. The summed E-state index contributed by atoms with van der Waals surface area (Å²) in [6, 6.07) is 8.52. The Hall–Kier alpha value is -3.08. The van der Waals surface area contributed by atoms with Gasteiger partial charge in [0.15, 0.2) is 11.2 Å². The fraction of sp³-hybridized carbons (Fsp3) is 0.294. The number of aromatic nitrogens is 4. The number of aromatic amines is 1. The number of carbonyl (C=O) groups excluding carboxylic acids is 1. The van der Waals surface area contributed by atoms with Crippen molar-refractivity contribution in [1.29, 1.82) is 0 Å². The summed E-state index contributed by atoms with van der Waals surface area (Å²) in [4.78, 5) is 35.3. The summed E-state index contributed by atoms with van der Waals surface area (Å²) in [5.74, 6) is -0.447. The lowest BCUT2D eigenvalue weighted by atomic mass is 10.2. The number of hydrogen-bond donors (Lipinski definition) is 4. The van der Waals surface area contributed by atoms with E-state index >= 15 is 0 Å². The molecular weight excluding hydrogens is 354 g/mol. The molecule has 10 heteroatoms. The molecule has 0 spiro atoms. The van der Waals surface area contributed by atoms with Crippen molar-refractivity contribution in [1.82, 2.24) is 19.5 Å². The number of hydrogen-bond acceptors (Lipinski definition) is 7. The minimum absolute atomic E-state index is 0.0274. The van der Waals surface area contributed by atoms with Gasteiger partial charge >= 0.3 is 0 Å². The molecule has 1 aliphatic heterocycles. The predicted octanol–water partition coefficient (Wildman–Crippen LogP) is 0.0126. The van der Waals surface area contributed by atoms with Crippen LogP contribution in [0.25, 0.3) is 11.2 Å². The topological polar surface area (TPSA) is 142 Å². The summed E-state index contributed by atoms with van der Waals surface area (Å²) in [6.45, 7) is -0.323. The third-order valence-corrected chi connectivity index (χ3v) is 4.39. The number of fused-ring (bicyclic) bond motifs is 1. The maximum Gasteiger partial charge on any atom is 0.280 e. The largest absolute Gasteiger partial charge is 0.394 e. The van der Waals surface area contributed by atoms with Gasteiger partial charge in [0.05, 0.1) is 19.0 Å². The van der Waals surface area contributed by atoms with E-state index in [1.165, 1.54) is 10.9 Å². The van der Waals surface area contributed by atoms with Gasteiger partial charge in [0.1, 0.15) is 12.3 Å². The molecule has 0 aliphatic carbocycles. The van der Waals surface area contributed by atoms with E-state index in [9.17, 15) is 19.8 Å². The molecule has 27 heavy (non-hydrogen) atoms. The maximum atomic E-state index is 12.3. The second kappa shape index (κ2) is 6.91. The standard InChI is InChI=1S/C17H17N5O5/c23-7-11-10(24)6-12(27-11)22-8-18-13-14(22)19-17(21-16(13)26)20-15(25)9-4-2-1-3-5-9/h1-5,8,10-12,23-24H,6-7H2,(H2,19,20,21,25,26). The first-order valence-electron chi connectivity index (χ1n) is 8.34. The Morgan fingerprint density at radius 2 is 2.15 bits per heavy atom. The molecule has 4 rings (SSSR count). The Labute approximate surface area is 152 Å². The van der Waals surface area contributed by atoms with Crippen LogP contribution in [0, 0.1) is 0 Å². The average molecular weight is 371 g/mol. The van der Waals surface area contributed by atoms with Crippen molar-refractivity contribution in [3.8, 4) is 0 Å². The van der Waals surface area contributed by atoms with E-state index in [0.717, 1.165) is 0 Å². The first-order chi connectivity index (χ1) is 13.1. The monoisotopic (exact) mass is 371 g/mol. The SMILES string of the molecule is O=C(Nc1nc2c(ncn2C2CC(O)C(CO)O2)c(=O)[nH]1)c1ccccc1. The fourth-order valence-electron chi connectivity index (χ4n) is 3.02. The predicted molar refractivity (Wildman–Crippen MR) is 94.2 cm³/mol. The Kier molecular flexibility index (Phi) is 4.44. The molecule has 0 radical (unpaired) electrons. The lowest BCUT2D eigenvalue weighted by Gasteiger charge is -2.13. The van der Waals surface area contributed by atoms with Crippen LogP contribution in [0.3, 0.4) is 0 Å².